The summed E-state index contributed by atoms with van der Waals surface area (Å²) < 4.78 is 51.0. The minimum Gasteiger partial charge on any atom is -0.455 e. The number of rotatable bonds is 7. The normalized spacial score (nSPS) is 16.2. The van der Waals surface area contributed by atoms with Crippen LogP contribution in [0.4, 0.5) is 24.1 Å². The lowest BCUT2D eigenvalue weighted by Crippen LogP contribution is -2.43. The molecule has 2 aliphatic rings. The second kappa shape index (κ2) is 13.4. The van der Waals surface area contributed by atoms with E-state index in [4.69, 9.17) is 9.72 Å². The van der Waals surface area contributed by atoms with Gasteiger partial charge in [-0.25, -0.2) is 14.8 Å². The van der Waals surface area contributed by atoms with E-state index in [1.54, 1.807) is 45.2 Å². The lowest BCUT2D eigenvalue weighted by molar-refractivity contribution is -0.240. The largest absolute Gasteiger partial charge is 0.455 e. The first-order chi connectivity index (χ1) is 24.3. The molecule has 51 heavy (non-hydrogen) atoms. The summed E-state index contributed by atoms with van der Waals surface area (Å²) in [4.78, 5) is 38.6. The predicted molar refractivity (Wildman–Crippen MR) is 191 cm³/mol. The number of para-hydroxylation sites is 1. The van der Waals surface area contributed by atoms with Gasteiger partial charge in [-0.1, -0.05) is 54.9 Å². The zero-order chi connectivity index (χ0) is 36.0. The second-order valence-corrected chi connectivity index (χ2v) is 15.4. The van der Waals surface area contributed by atoms with Gasteiger partial charge in [0.2, 0.25) is 0 Å². The molecule has 0 saturated heterocycles. The van der Waals surface area contributed by atoms with Crippen LogP contribution in [0, 0.1) is 5.41 Å². The quantitative estimate of drug-likeness (QED) is 0.168. The first-order valence-corrected chi connectivity index (χ1v) is 18.0. The van der Waals surface area contributed by atoms with Crippen molar-refractivity contribution in [2.45, 2.75) is 84.2 Å². The fraction of sp³-hybridized carbons (Fsp3) is 0.395. The van der Waals surface area contributed by atoms with Gasteiger partial charge in [0.15, 0.2) is 10.8 Å². The molecule has 266 valence electrons. The van der Waals surface area contributed by atoms with Crippen molar-refractivity contribution in [3.05, 3.63) is 89.4 Å². The number of fused-ring (bicyclic) bond motifs is 2. The number of benzene rings is 2. The maximum Gasteiger partial charge on any atom is 0.396 e. The molecule has 0 unspecified atom stereocenters. The third-order valence-electron chi connectivity index (χ3n) is 9.65. The Morgan fingerprint density at radius 3 is 2.51 bits per heavy atom. The van der Waals surface area contributed by atoms with Crippen LogP contribution in [0.5, 0.6) is 0 Å². The van der Waals surface area contributed by atoms with E-state index in [0.29, 0.717) is 60.0 Å². The fourth-order valence-corrected chi connectivity index (χ4v) is 7.94. The zero-order valence-electron chi connectivity index (χ0n) is 28.7. The summed E-state index contributed by atoms with van der Waals surface area (Å²) in [6.07, 6.45) is 1.30. The minimum absolute atomic E-state index is 0.0397. The number of alkyl halides is 3. The van der Waals surface area contributed by atoms with E-state index >= 15 is 0 Å². The van der Waals surface area contributed by atoms with Crippen LogP contribution in [-0.4, -0.2) is 49.9 Å². The smallest absolute Gasteiger partial charge is 0.396 e. The number of carbonyl (C=O) groups excluding carboxylic acids is 2. The van der Waals surface area contributed by atoms with E-state index in [0.717, 1.165) is 27.8 Å². The number of anilines is 2. The van der Waals surface area contributed by atoms with E-state index in [1.165, 1.54) is 22.2 Å². The Bertz CT molecular complexity index is 2060. The Morgan fingerprint density at radius 2 is 1.76 bits per heavy atom. The topological polar surface area (TPSA) is 102 Å². The predicted octanol–water partition coefficient (Wildman–Crippen LogP) is 8.84. The average molecular weight is 717 g/mol. The van der Waals surface area contributed by atoms with Gasteiger partial charge in [0.25, 0.3) is 5.91 Å². The summed E-state index contributed by atoms with van der Waals surface area (Å²) in [6.45, 7) is 5.96. The van der Waals surface area contributed by atoms with Crippen molar-refractivity contribution in [2.24, 2.45) is 5.41 Å². The number of hydrogen-bond acceptors (Lipinski definition) is 8. The van der Waals surface area contributed by atoms with Gasteiger partial charge in [0.1, 0.15) is 11.4 Å². The van der Waals surface area contributed by atoms with Crippen LogP contribution >= 0.6 is 11.3 Å². The molecule has 0 bridgehead atoms. The number of halogens is 3. The number of thiazole rings is 1. The minimum atomic E-state index is -4.35. The van der Waals surface area contributed by atoms with Gasteiger partial charge in [-0.3, -0.25) is 14.8 Å². The first kappa shape index (κ1) is 34.7. The molecule has 5 aromatic rings. The van der Waals surface area contributed by atoms with Crippen LogP contribution in [0.15, 0.2) is 67.0 Å². The van der Waals surface area contributed by atoms with Crippen molar-refractivity contribution in [3.63, 3.8) is 0 Å². The summed E-state index contributed by atoms with van der Waals surface area (Å²) in [5, 5.41) is 7.79. The Kier molecular flexibility index (Phi) is 9.11. The first-order valence-electron chi connectivity index (χ1n) is 17.2. The highest BCUT2D eigenvalue weighted by Gasteiger charge is 2.55. The molecular formula is C38H39F3N6O3S. The third kappa shape index (κ3) is 7.21. The maximum atomic E-state index is 14.3. The van der Waals surface area contributed by atoms with Crippen molar-refractivity contribution in [1.29, 1.82) is 0 Å². The fourth-order valence-electron chi connectivity index (χ4n) is 7.08. The SMILES string of the molecule is CC(C)(C)OC(=O)c1nc(N2CCc3cccc(C(=O)Nc4nc5ccccc5s4)c3C2)ccc1-c1cnn(CC2(C(F)(F)F)CCCCC2)c1. The van der Waals surface area contributed by atoms with Crippen LogP contribution in [-0.2, 0) is 24.2 Å². The lowest BCUT2D eigenvalue weighted by atomic mass is 9.73. The second-order valence-electron chi connectivity index (χ2n) is 14.4. The molecule has 1 saturated carbocycles. The van der Waals surface area contributed by atoms with Gasteiger partial charge in [0, 0.05) is 36.0 Å². The molecule has 13 heteroatoms. The van der Waals surface area contributed by atoms with Crippen LogP contribution in [0.2, 0.25) is 0 Å². The molecule has 1 N–H and O–H groups in total. The van der Waals surface area contributed by atoms with Crippen molar-refractivity contribution in [3.8, 4) is 11.1 Å². The number of hydrogen-bond donors (Lipinski definition) is 1. The monoisotopic (exact) mass is 716 g/mol. The molecule has 0 spiro atoms. The summed E-state index contributed by atoms with van der Waals surface area (Å²) in [5.41, 5.74) is 1.53. The molecule has 0 radical (unpaired) electrons. The number of nitrogens with zero attached hydrogens (tertiary/aromatic N) is 5. The highest BCUT2D eigenvalue weighted by atomic mass is 32.1. The highest BCUT2D eigenvalue weighted by Crippen LogP contribution is 2.50. The van der Waals surface area contributed by atoms with Gasteiger partial charge in [-0.2, -0.15) is 18.3 Å². The Hall–Kier alpha value is -4.78. The number of aromatic nitrogens is 4. The van der Waals surface area contributed by atoms with Gasteiger partial charge >= 0.3 is 12.1 Å². The van der Waals surface area contributed by atoms with Gasteiger partial charge in [0.05, 0.1) is 28.4 Å². The molecule has 1 aliphatic heterocycles. The highest BCUT2D eigenvalue weighted by molar-refractivity contribution is 7.22. The molecule has 9 nitrogen and oxygen atoms in total. The Morgan fingerprint density at radius 1 is 0.980 bits per heavy atom. The Labute approximate surface area is 297 Å². The molecule has 1 aliphatic carbocycles. The number of amides is 1. The maximum absolute atomic E-state index is 14.3. The molecule has 1 fully saturated rings. The van der Waals surface area contributed by atoms with Crippen molar-refractivity contribution in [1.82, 2.24) is 19.7 Å². The van der Waals surface area contributed by atoms with Crippen molar-refractivity contribution >= 4 is 44.4 Å². The molecule has 4 heterocycles. The van der Waals surface area contributed by atoms with Gasteiger partial charge in [-0.05, 0) is 81.5 Å². The number of carbonyl (C=O) groups is 2. The van der Waals surface area contributed by atoms with Crippen LogP contribution in [0.1, 0.15) is 84.8 Å². The molecular weight excluding hydrogens is 678 g/mol. The van der Waals surface area contributed by atoms with E-state index in [-0.39, 0.29) is 31.0 Å². The van der Waals surface area contributed by atoms with Crippen LogP contribution < -0.4 is 10.2 Å². The molecule has 2 aromatic carbocycles. The average Bonchev–Trinajstić information content (AvgIpc) is 3.73. The Balaban J connectivity index is 1.17. The number of ether oxygens (including phenoxy) is 1. The lowest BCUT2D eigenvalue weighted by Gasteiger charge is -2.38. The summed E-state index contributed by atoms with van der Waals surface area (Å²) in [7, 11) is 0. The summed E-state index contributed by atoms with van der Waals surface area (Å²) >= 11 is 1.41. The molecule has 7 rings (SSSR count). The van der Waals surface area contributed by atoms with Crippen molar-refractivity contribution in [2.75, 3.05) is 16.8 Å². The zero-order valence-corrected chi connectivity index (χ0v) is 29.5. The number of esters is 1. The van der Waals surface area contributed by atoms with Crippen LogP contribution in [0.3, 0.4) is 0 Å². The number of nitrogens with one attached hydrogen (secondary N) is 1. The molecule has 1 amide bonds. The summed E-state index contributed by atoms with van der Waals surface area (Å²) in [6, 6.07) is 16.9. The summed E-state index contributed by atoms with van der Waals surface area (Å²) in [5.74, 6) is -0.403. The van der Waals surface area contributed by atoms with E-state index in [9.17, 15) is 22.8 Å². The third-order valence-corrected chi connectivity index (χ3v) is 10.6. The molecule has 3 aromatic heterocycles. The van der Waals surface area contributed by atoms with Gasteiger partial charge < -0.3 is 9.64 Å². The van der Waals surface area contributed by atoms with E-state index < -0.39 is 23.2 Å². The van der Waals surface area contributed by atoms with Crippen molar-refractivity contribution < 1.29 is 27.5 Å². The van der Waals surface area contributed by atoms with E-state index in [1.807, 2.05) is 41.3 Å². The standard InChI is InChI=1S/C38H39F3N6O3S/c1-36(2,3)50-34(49)32-26(25-20-42-47(21-25)23-37(38(39,40)41)17-7-4-8-18-37)14-15-31(44-32)46-19-16-24-10-9-11-27(28(24)22-46)33(48)45-35-43-29-12-5-6-13-30(29)51-35/h5-6,9-15,20-21H,4,7-8,16-19,22-23H2,1-3H3,(H,43,45,48). The van der Waals surface area contributed by atoms with E-state index in [2.05, 4.69) is 15.4 Å². The molecule has 0 atom stereocenters. The number of pyridine rings is 1. The van der Waals surface area contributed by atoms with Crippen LogP contribution in [0.25, 0.3) is 21.3 Å². The van der Waals surface area contributed by atoms with Gasteiger partial charge in [-0.15, -0.1) is 0 Å².